The van der Waals surface area contributed by atoms with E-state index in [1.54, 1.807) is 17.3 Å². The first-order chi connectivity index (χ1) is 16.5. The third kappa shape index (κ3) is 4.24. The summed E-state index contributed by atoms with van der Waals surface area (Å²) in [5.74, 6) is 0.279. The molecule has 1 aromatic carbocycles. The summed E-state index contributed by atoms with van der Waals surface area (Å²) in [6, 6.07) is 12.2. The van der Waals surface area contributed by atoms with Crippen molar-refractivity contribution in [3.63, 3.8) is 0 Å². The Labute approximate surface area is 197 Å². The number of carbonyl (C=O) groups is 1. The highest BCUT2D eigenvalue weighted by molar-refractivity contribution is 5.88. The van der Waals surface area contributed by atoms with Gasteiger partial charge in [-0.3, -0.25) is 9.78 Å². The number of anilines is 1. The van der Waals surface area contributed by atoms with E-state index in [9.17, 15) is 10.1 Å². The van der Waals surface area contributed by atoms with E-state index < -0.39 is 5.41 Å². The molecule has 0 unspecified atom stereocenters. The van der Waals surface area contributed by atoms with Gasteiger partial charge in [0.05, 0.1) is 30.4 Å². The van der Waals surface area contributed by atoms with Gasteiger partial charge in [0.15, 0.2) is 5.52 Å². The molecule has 9 heteroatoms. The van der Waals surface area contributed by atoms with Crippen molar-refractivity contribution in [1.29, 1.82) is 5.26 Å². The Balaban J connectivity index is 1.35. The van der Waals surface area contributed by atoms with Gasteiger partial charge in [-0.25, -0.2) is 9.97 Å². The number of hydrogen-bond donors (Lipinski definition) is 0. The van der Waals surface area contributed by atoms with Crippen molar-refractivity contribution in [3.8, 4) is 23.2 Å². The zero-order valence-corrected chi connectivity index (χ0v) is 19.3. The molecule has 34 heavy (non-hydrogen) atoms. The third-order valence-corrected chi connectivity index (χ3v) is 6.31. The molecule has 0 bridgehead atoms. The number of fused-ring (bicyclic) bond motifs is 1. The first-order valence-electron chi connectivity index (χ1n) is 11.3. The zero-order chi connectivity index (χ0) is 23.7. The van der Waals surface area contributed by atoms with Crippen LogP contribution in [0.2, 0.25) is 0 Å². The smallest absolute Gasteiger partial charge is 0.243 e. The van der Waals surface area contributed by atoms with Gasteiger partial charge in [0, 0.05) is 44.3 Å². The summed E-state index contributed by atoms with van der Waals surface area (Å²) < 4.78 is 11.9. The molecule has 1 amide bonds. The standard InChI is InChI=1S/C25H26N6O3/c1-30(2)18-5-3-17(4-6-18)20-13-21-22(28-10-9-27-21)23(29-20)34-15-19-14-31(11-12-33-19)24(32)25(16-26)7-8-25/h3-6,9-10,13,19H,7-8,11-12,14-15H2,1-2H3/t19-/m0/s1. The van der Waals surface area contributed by atoms with Gasteiger partial charge in [0.1, 0.15) is 18.1 Å². The number of pyridine rings is 1. The number of aromatic nitrogens is 3. The highest BCUT2D eigenvalue weighted by atomic mass is 16.5. The van der Waals surface area contributed by atoms with Crippen LogP contribution in [0.25, 0.3) is 22.3 Å². The maximum Gasteiger partial charge on any atom is 0.243 e. The number of nitriles is 1. The molecule has 0 N–H and O–H groups in total. The van der Waals surface area contributed by atoms with E-state index in [1.807, 2.05) is 49.3 Å². The van der Waals surface area contributed by atoms with Crippen LogP contribution in [0.3, 0.4) is 0 Å². The van der Waals surface area contributed by atoms with Gasteiger partial charge < -0.3 is 19.3 Å². The lowest BCUT2D eigenvalue weighted by Crippen LogP contribution is -2.49. The molecule has 5 rings (SSSR count). The molecular formula is C25H26N6O3. The Hall–Kier alpha value is -3.77. The first-order valence-corrected chi connectivity index (χ1v) is 11.3. The fourth-order valence-corrected chi connectivity index (χ4v) is 4.10. The largest absolute Gasteiger partial charge is 0.473 e. The Morgan fingerprint density at radius 1 is 1.26 bits per heavy atom. The third-order valence-electron chi connectivity index (χ3n) is 6.31. The van der Waals surface area contributed by atoms with Crippen molar-refractivity contribution in [2.24, 2.45) is 5.41 Å². The van der Waals surface area contributed by atoms with Crippen LogP contribution in [0.4, 0.5) is 5.69 Å². The van der Waals surface area contributed by atoms with Crippen LogP contribution in [0, 0.1) is 16.7 Å². The van der Waals surface area contributed by atoms with E-state index in [2.05, 4.69) is 16.0 Å². The van der Waals surface area contributed by atoms with Gasteiger partial charge in [0.25, 0.3) is 0 Å². The minimum absolute atomic E-state index is 0.0964. The van der Waals surface area contributed by atoms with Gasteiger partial charge in [-0.15, -0.1) is 0 Å². The Morgan fingerprint density at radius 3 is 2.74 bits per heavy atom. The topological polar surface area (TPSA) is 104 Å². The van der Waals surface area contributed by atoms with Crippen LogP contribution in [-0.2, 0) is 9.53 Å². The molecule has 0 radical (unpaired) electrons. The summed E-state index contributed by atoms with van der Waals surface area (Å²) >= 11 is 0. The predicted molar refractivity (Wildman–Crippen MR) is 126 cm³/mol. The van der Waals surface area contributed by atoms with Gasteiger partial charge in [0.2, 0.25) is 11.8 Å². The number of amides is 1. The maximum absolute atomic E-state index is 12.7. The first kappa shape index (κ1) is 22.0. The van der Waals surface area contributed by atoms with E-state index in [4.69, 9.17) is 14.5 Å². The minimum Gasteiger partial charge on any atom is -0.473 e. The summed E-state index contributed by atoms with van der Waals surface area (Å²) in [5.41, 5.74) is 3.21. The predicted octanol–water partition coefficient (Wildman–Crippen LogP) is 2.67. The van der Waals surface area contributed by atoms with Gasteiger partial charge in [-0.2, -0.15) is 5.26 Å². The van der Waals surface area contributed by atoms with Crippen LogP contribution >= 0.6 is 0 Å². The normalized spacial score (nSPS) is 18.9. The molecule has 174 valence electrons. The lowest BCUT2D eigenvalue weighted by atomic mass is 10.1. The Kier molecular flexibility index (Phi) is 5.75. The van der Waals surface area contributed by atoms with Crippen LogP contribution in [0.5, 0.6) is 5.88 Å². The van der Waals surface area contributed by atoms with E-state index >= 15 is 0 Å². The van der Waals surface area contributed by atoms with Gasteiger partial charge >= 0.3 is 0 Å². The van der Waals surface area contributed by atoms with Crippen LogP contribution in [0.15, 0.2) is 42.7 Å². The molecule has 3 aromatic rings. The summed E-state index contributed by atoms with van der Waals surface area (Å²) in [6.45, 7) is 1.50. The molecule has 1 saturated heterocycles. The maximum atomic E-state index is 12.7. The number of ether oxygens (including phenoxy) is 2. The van der Waals surface area contributed by atoms with E-state index in [1.165, 1.54) is 0 Å². The SMILES string of the molecule is CN(C)c1ccc(-c2cc3nccnc3c(OC[C@@H]3CN(C(=O)C4(C#N)CC4)CCO3)n2)cc1. The molecule has 2 aromatic heterocycles. The molecular weight excluding hydrogens is 432 g/mol. The van der Waals surface area contributed by atoms with Crippen molar-refractivity contribution >= 4 is 22.6 Å². The van der Waals surface area contributed by atoms with E-state index in [0.29, 0.717) is 49.5 Å². The molecule has 1 aliphatic heterocycles. The van der Waals surface area contributed by atoms with E-state index in [0.717, 1.165) is 16.9 Å². The highest BCUT2D eigenvalue weighted by Crippen LogP contribution is 2.46. The minimum atomic E-state index is -0.827. The number of morpholine rings is 1. The fourth-order valence-electron chi connectivity index (χ4n) is 4.10. The van der Waals surface area contributed by atoms with Crippen molar-refractivity contribution in [3.05, 3.63) is 42.7 Å². The van der Waals surface area contributed by atoms with Crippen molar-refractivity contribution in [1.82, 2.24) is 19.9 Å². The van der Waals surface area contributed by atoms with E-state index in [-0.39, 0.29) is 18.6 Å². The van der Waals surface area contributed by atoms with Gasteiger partial charge in [-0.05, 0) is 31.0 Å². The monoisotopic (exact) mass is 458 g/mol. The second-order valence-electron chi connectivity index (χ2n) is 8.93. The molecule has 1 atom stereocenters. The van der Waals surface area contributed by atoms with Crippen molar-refractivity contribution in [2.45, 2.75) is 18.9 Å². The Bertz CT molecular complexity index is 1250. The average Bonchev–Trinajstić information content (AvgIpc) is 3.68. The highest BCUT2D eigenvalue weighted by Gasteiger charge is 2.53. The second kappa shape index (κ2) is 8.88. The number of nitrogens with zero attached hydrogens (tertiary/aromatic N) is 6. The number of benzene rings is 1. The number of rotatable bonds is 6. The quantitative estimate of drug-likeness (QED) is 0.555. The molecule has 9 nitrogen and oxygen atoms in total. The molecule has 2 fully saturated rings. The Morgan fingerprint density at radius 2 is 2.03 bits per heavy atom. The van der Waals surface area contributed by atoms with Crippen LogP contribution in [-0.4, -0.2) is 72.3 Å². The molecule has 1 aliphatic carbocycles. The van der Waals surface area contributed by atoms with Crippen LogP contribution < -0.4 is 9.64 Å². The lowest BCUT2D eigenvalue weighted by molar-refractivity contribution is -0.143. The summed E-state index contributed by atoms with van der Waals surface area (Å²) in [6.07, 6.45) is 4.21. The average molecular weight is 459 g/mol. The van der Waals surface area contributed by atoms with Crippen LogP contribution in [0.1, 0.15) is 12.8 Å². The second-order valence-corrected chi connectivity index (χ2v) is 8.93. The number of hydrogen-bond acceptors (Lipinski definition) is 8. The van der Waals surface area contributed by atoms with Crippen molar-refractivity contribution in [2.75, 3.05) is 45.3 Å². The molecule has 2 aliphatic rings. The number of carbonyl (C=O) groups excluding carboxylic acids is 1. The summed E-state index contributed by atoms with van der Waals surface area (Å²) in [5, 5.41) is 9.36. The van der Waals surface area contributed by atoms with Crippen molar-refractivity contribution < 1.29 is 14.3 Å². The molecule has 3 heterocycles. The summed E-state index contributed by atoms with van der Waals surface area (Å²) in [4.78, 5) is 30.1. The zero-order valence-electron chi connectivity index (χ0n) is 19.3. The van der Waals surface area contributed by atoms with Gasteiger partial charge in [-0.1, -0.05) is 12.1 Å². The molecule has 1 saturated carbocycles. The molecule has 0 spiro atoms. The fraction of sp³-hybridized carbons (Fsp3) is 0.400. The lowest BCUT2D eigenvalue weighted by Gasteiger charge is -2.33. The summed E-state index contributed by atoms with van der Waals surface area (Å²) in [7, 11) is 4.00.